The number of hydrogen-bond donors (Lipinski definition) is 2. The molecule has 4 aromatic rings. The molecule has 0 atom stereocenters. The number of aliphatic imine (C=N–C) groups is 1. The summed E-state index contributed by atoms with van der Waals surface area (Å²) in [5.41, 5.74) is 2.71. The minimum Gasteiger partial charge on any atom is -0.448 e. The Morgan fingerprint density at radius 1 is 1.30 bits per heavy atom. The summed E-state index contributed by atoms with van der Waals surface area (Å²) < 4.78 is 6.51. The summed E-state index contributed by atoms with van der Waals surface area (Å²) in [6.07, 6.45) is 2.59. The molecular weight excluding hydrogens is 424 g/mol. The molecule has 4 rings (SSSR count). The van der Waals surface area contributed by atoms with Gasteiger partial charge in [0.2, 0.25) is 0 Å². The van der Waals surface area contributed by atoms with Gasteiger partial charge in [-0.2, -0.15) is 0 Å². The second kappa shape index (κ2) is 9.79. The summed E-state index contributed by atoms with van der Waals surface area (Å²) >= 11 is 9.42. The number of aromatic nitrogens is 5. The van der Waals surface area contributed by atoms with E-state index in [-0.39, 0.29) is 5.56 Å². The fraction of sp³-hybridized carbons (Fsp3) is 0.158. The highest BCUT2D eigenvalue weighted by Gasteiger charge is 2.10. The molecule has 9 nitrogen and oxygen atoms in total. The molecule has 0 bridgehead atoms. The van der Waals surface area contributed by atoms with Crippen LogP contribution < -0.4 is 5.56 Å². The Morgan fingerprint density at radius 2 is 2.10 bits per heavy atom. The van der Waals surface area contributed by atoms with Crippen molar-refractivity contribution >= 4 is 57.8 Å². The number of aromatic amines is 2. The zero-order chi connectivity index (χ0) is 21.5. The Kier molecular flexibility index (Phi) is 6.91. The van der Waals surface area contributed by atoms with Gasteiger partial charge in [0, 0.05) is 11.6 Å². The van der Waals surface area contributed by atoms with Crippen LogP contribution in [0.3, 0.4) is 0 Å². The third kappa shape index (κ3) is 4.71. The molecule has 0 unspecified atom stereocenters. The maximum Gasteiger partial charge on any atom is 0.442 e. The molecule has 0 fully saturated rings. The van der Waals surface area contributed by atoms with Crippen LogP contribution in [-0.4, -0.2) is 42.4 Å². The summed E-state index contributed by atoms with van der Waals surface area (Å²) in [7, 11) is 0. The van der Waals surface area contributed by atoms with E-state index in [1.165, 1.54) is 6.33 Å². The number of ether oxygens (including phenoxy) is 1. The van der Waals surface area contributed by atoms with E-state index in [1.807, 2.05) is 40.1 Å². The molecule has 152 valence electrons. The summed E-state index contributed by atoms with van der Waals surface area (Å²) in [4.78, 5) is 39.1. The largest absolute Gasteiger partial charge is 0.448 e. The maximum absolute atomic E-state index is 11.9. The van der Waals surface area contributed by atoms with Gasteiger partial charge in [-0.05, 0) is 49.1 Å². The van der Waals surface area contributed by atoms with Crippen molar-refractivity contribution in [3.05, 3.63) is 63.5 Å². The Bertz CT molecular complexity index is 1360. The number of carbonyl (C=O) groups excluding carboxylic acids is 1. The number of isothiocyanates is 1. The van der Waals surface area contributed by atoms with E-state index in [0.29, 0.717) is 29.1 Å². The molecule has 11 heteroatoms. The van der Waals surface area contributed by atoms with Crippen molar-refractivity contribution in [3.8, 4) is 0 Å². The van der Waals surface area contributed by atoms with E-state index in [4.69, 9.17) is 12.2 Å². The van der Waals surface area contributed by atoms with Crippen LogP contribution in [0.5, 0.6) is 0 Å². The number of hydrogen-bond acceptors (Lipinski definition) is 7. The highest BCUT2D eigenvalue weighted by molar-refractivity contribution is 7.78. The molecule has 30 heavy (non-hydrogen) atoms. The van der Waals surface area contributed by atoms with E-state index < -0.39 is 6.09 Å². The van der Waals surface area contributed by atoms with Crippen molar-refractivity contribution in [1.82, 2.24) is 24.5 Å². The number of benzene rings is 1. The van der Waals surface area contributed by atoms with E-state index in [2.05, 4.69) is 41.9 Å². The predicted octanol–water partition coefficient (Wildman–Crippen LogP) is 3.62. The van der Waals surface area contributed by atoms with Gasteiger partial charge in [0.1, 0.15) is 5.52 Å². The van der Waals surface area contributed by atoms with Crippen LogP contribution in [0, 0.1) is 4.77 Å². The molecule has 3 aromatic heterocycles. The van der Waals surface area contributed by atoms with Gasteiger partial charge in [0.05, 0.1) is 30.2 Å². The van der Waals surface area contributed by atoms with E-state index in [1.54, 1.807) is 13.1 Å². The van der Waals surface area contributed by atoms with Crippen LogP contribution in [-0.2, 0) is 11.3 Å². The number of fused-ring (bicyclic) bond motifs is 2. The van der Waals surface area contributed by atoms with Crippen molar-refractivity contribution in [3.63, 3.8) is 0 Å². The van der Waals surface area contributed by atoms with Gasteiger partial charge >= 0.3 is 6.09 Å². The number of amides is 1. The molecule has 1 amide bonds. The number of H-pyrrole nitrogens is 2. The number of para-hydroxylation sites is 1. The Labute approximate surface area is 180 Å². The number of thiocarbonyl (C=S) groups is 1. The summed E-state index contributed by atoms with van der Waals surface area (Å²) in [6, 6.07) is 9.87. The molecule has 1 aromatic carbocycles. The number of nitrogens with one attached hydrogen (secondary N) is 2. The average Bonchev–Trinajstić information content (AvgIpc) is 3.22. The number of imidazole rings is 1. The minimum atomic E-state index is -0.678. The maximum atomic E-state index is 11.9. The third-order valence-electron chi connectivity index (χ3n) is 4.04. The van der Waals surface area contributed by atoms with Gasteiger partial charge in [0.25, 0.3) is 5.56 Å². The average molecular weight is 441 g/mol. The Hall–Kier alpha value is -3.53. The predicted molar refractivity (Wildman–Crippen MR) is 118 cm³/mol. The molecule has 2 N–H and O–H groups in total. The van der Waals surface area contributed by atoms with Crippen molar-refractivity contribution in [2.24, 2.45) is 4.99 Å². The van der Waals surface area contributed by atoms with Crippen LogP contribution in [0.4, 0.5) is 4.79 Å². The molecule has 0 spiro atoms. The molecule has 0 radical (unpaired) electrons. The fourth-order valence-electron chi connectivity index (χ4n) is 2.79. The van der Waals surface area contributed by atoms with Gasteiger partial charge in [0.15, 0.2) is 10.4 Å². The zero-order valence-electron chi connectivity index (χ0n) is 15.8. The summed E-state index contributed by atoms with van der Waals surface area (Å²) in [5, 5.41) is 2.94. The lowest BCUT2D eigenvalue weighted by atomic mass is 10.1. The van der Waals surface area contributed by atoms with Crippen LogP contribution in [0.2, 0.25) is 0 Å². The first-order chi connectivity index (χ1) is 14.5. The highest BCUT2D eigenvalue weighted by atomic mass is 32.1. The Balaban J connectivity index is 0.000000275. The van der Waals surface area contributed by atoms with Crippen LogP contribution in [0.1, 0.15) is 12.5 Å². The number of rotatable bonds is 3. The number of nitrogens with zero attached hydrogens (tertiary/aromatic N) is 4. The summed E-state index contributed by atoms with van der Waals surface area (Å²) in [6.45, 7) is 2.52. The lowest BCUT2D eigenvalue weighted by Crippen LogP contribution is -2.15. The first-order valence-electron chi connectivity index (χ1n) is 8.78. The monoisotopic (exact) mass is 440 g/mol. The molecule has 0 aliphatic rings. The first-order valence-corrected chi connectivity index (χ1v) is 9.60. The molecule has 0 aliphatic carbocycles. The molecule has 3 heterocycles. The van der Waals surface area contributed by atoms with Crippen LogP contribution in [0.25, 0.3) is 22.1 Å². The number of carbonyl (C=O) groups is 1. The molecule has 0 aliphatic heterocycles. The van der Waals surface area contributed by atoms with E-state index in [9.17, 15) is 9.59 Å². The van der Waals surface area contributed by atoms with Gasteiger partial charge in [-0.1, -0.05) is 18.2 Å². The van der Waals surface area contributed by atoms with Crippen LogP contribution in [0.15, 0.2) is 52.6 Å². The van der Waals surface area contributed by atoms with E-state index >= 15 is 0 Å². The van der Waals surface area contributed by atoms with Crippen molar-refractivity contribution in [1.29, 1.82) is 0 Å². The van der Waals surface area contributed by atoms with Crippen molar-refractivity contribution in [2.75, 3.05) is 6.61 Å². The zero-order valence-corrected chi connectivity index (χ0v) is 17.4. The van der Waals surface area contributed by atoms with Crippen molar-refractivity contribution < 1.29 is 9.53 Å². The summed E-state index contributed by atoms with van der Waals surface area (Å²) in [5.74, 6) is 0. The Morgan fingerprint density at radius 3 is 2.87 bits per heavy atom. The highest BCUT2D eigenvalue weighted by Crippen LogP contribution is 2.18. The molecular formula is C19H16N6O3S2. The normalized spacial score (nSPS) is 10.2. The lowest BCUT2D eigenvalue weighted by molar-refractivity contribution is 0.164. The van der Waals surface area contributed by atoms with Crippen LogP contribution >= 0.6 is 24.4 Å². The van der Waals surface area contributed by atoms with Gasteiger partial charge in [-0.15, -0.1) is 4.99 Å². The van der Waals surface area contributed by atoms with Gasteiger partial charge < -0.3 is 9.72 Å². The third-order valence-corrected chi connectivity index (χ3v) is 4.45. The molecule has 0 saturated carbocycles. The first kappa shape index (κ1) is 21.2. The second-order valence-electron chi connectivity index (χ2n) is 5.84. The smallest absolute Gasteiger partial charge is 0.442 e. The second-order valence-corrected chi connectivity index (χ2v) is 6.41. The minimum absolute atomic E-state index is 0.256. The van der Waals surface area contributed by atoms with Crippen molar-refractivity contribution in [2.45, 2.75) is 13.5 Å². The van der Waals surface area contributed by atoms with E-state index in [0.717, 1.165) is 16.5 Å². The standard InChI is InChI=1S/C15H11N5OS.C4H5NO2S/c21-14-12-13(18-8-17-12)20(15(22)19-14)7-9-5-6-16-11-4-2-1-3-10(9)11;1-2-7-4(6)5-3-8/h1-6,8H,7H2,(H,17,18)(H,19,21,22);2H2,1H3. The molecule has 0 saturated heterocycles. The number of pyridine rings is 1. The quantitative estimate of drug-likeness (QED) is 0.369. The van der Waals surface area contributed by atoms with Gasteiger partial charge in [-0.25, -0.2) is 9.78 Å². The lowest BCUT2D eigenvalue weighted by Gasteiger charge is -2.10. The van der Waals surface area contributed by atoms with Gasteiger partial charge in [-0.3, -0.25) is 19.3 Å². The topological polar surface area (TPSA) is 118 Å². The fourth-order valence-corrected chi connectivity index (χ4v) is 3.10. The SMILES string of the molecule is CCOC(=O)N=C=S.O=c1[nH]c(=S)n(Cc2ccnc3ccccc23)c2nc[nH]c12.